The molecule has 0 spiro atoms. The van der Waals surface area contributed by atoms with Crippen LogP contribution in [0.15, 0.2) is 58.7 Å². The predicted octanol–water partition coefficient (Wildman–Crippen LogP) is 4.14. The third kappa shape index (κ3) is 4.29. The van der Waals surface area contributed by atoms with E-state index >= 15 is 0 Å². The van der Waals surface area contributed by atoms with Crippen molar-refractivity contribution >= 4 is 34.7 Å². The SMILES string of the molecule is C/C(=N\N=C(\NO)c1ccc(Cl)cc1)c1ccc(Cl)cc1. The van der Waals surface area contributed by atoms with E-state index in [1.165, 1.54) is 0 Å². The number of amidine groups is 1. The molecule has 4 nitrogen and oxygen atoms in total. The molecule has 0 atom stereocenters. The zero-order valence-corrected chi connectivity index (χ0v) is 12.7. The van der Waals surface area contributed by atoms with Crippen LogP contribution < -0.4 is 5.48 Å². The molecule has 2 rings (SSSR count). The molecule has 0 amide bonds. The van der Waals surface area contributed by atoms with Crippen molar-refractivity contribution in [3.63, 3.8) is 0 Å². The van der Waals surface area contributed by atoms with Gasteiger partial charge >= 0.3 is 0 Å². The maximum atomic E-state index is 9.17. The van der Waals surface area contributed by atoms with Gasteiger partial charge in [0.2, 0.25) is 0 Å². The summed E-state index contributed by atoms with van der Waals surface area (Å²) in [5.74, 6) is 0.236. The number of nitrogens with zero attached hydrogens (tertiary/aromatic N) is 2. The molecule has 108 valence electrons. The Morgan fingerprint density at radius 1 is 0.857 bits per heavy atom. The van der Waals surface area contributed by atoms with Gasteiger partial charge in [0.15, 0.2) is 5.84 Å². The molecule has 6 heteroatoms. The standard InChI is InChI=1S/C15H13Cl2N3O/c1-10(11-2-6-13(16)7-3-11)18-19-15(20-21)12-4-8-14(17)9-5-12/h2-9,21H,1H3,(H,19,20)/b18-10+. The monoisotopic (exact) mass is 321 g/mol. The van der Waals surface area contributed by atoms with Gasteiger partial charge < -0.3 is 0 Å². The highest BCUT2D eigenvalue weighted by atomic mass is 35.5. The smallest absolute Gasteiger partial charge is 0.179 e. The van der Waals surface area contributed by atoms with Gasteiger partial charge in [-0.05, 0) is 48.9 Å². The second-order valence-electron chi connectivity index (χ2n) is 4.26. The molecule has 2 aromatic carbocycles. The van der Waals surface area contributed by atoms with Crippen LogP contribution in [0.2, 0.25) is 10.0 Å². The summed E-state index contributed by atoms with van der Waals surface area (Å²) in [4.78, 5) is 0. The Kier molecular flexibility index (Phi) is 5.33. The largest absolute Gasteiger partial charge is 0.290 e. The van der Waals surface area contributed by atoms with E-state index in [2.05, 4.69) is 10.2 Å². The van der Waals surface area contributed by atoms with Gasteiger partial charge in [0, 0.05) is 15.6 Å². The number of benzene rings is 2. The molecule has 0 bridgehead atoms. The summed E-state index contributed by atoms with van der Waals surface area (Å²) in [5, 5.41) is 18.5. The first-order chi connectivity index (χ1) is 10.1. The molecule has 2 N–H and O–H groups in total. The average molecular weight is 322 g/mol. The Morgan fingerprint density at radius 3 is 1.81 bits per heavy atom. The van der Waals surface area contributed by atoms with E-state index < -0.39 is 0 Å². The lowest BCUT2D eigenvalue weighted by atomic mass is 10.1. The van der Waals surface area contributed by atoms with E-state index in [0.29, 0.717) is 21.3 Å². The summed E-state index contributed by atoms with van der Waals surface area (Å²) < 4.78 is 0. The minimum atomic E-state index is 0.236. The van der Waals surface area contributed by atoms with E-state index in [1.54, 1.807) is 36.4 Å². The van der Waals surface area contributed by atoms with Gasteiger partial charge in [-0.15, -0.1) is 5.10 Å². The van der Waals surface area contributed by atoms with Crippen molar-refractivity contribution in [1.82, 2.24) is 5.48 Å². The maximum absolute atomic E-state index is 9.17. The lowest BCUT2D eigenvalue weighted by Gasteiger charge is -2.03. The third-order valence-corrected chi connectivity index (χ3v) is 3.29. The van der Waals surface area contributed by atoms with Crippen molar-refractivity contribution in [3.8, 4) is 0 Å². The van der Waals surface area contributed by atoms with E-state index in [9.17, 15) is 0 Å². The third-order valence-electron chi connectivity index (χ3n) is 2.79. The van der Waals surface area contributed by atoms with Crippen molar-refractivity contribution in [3.05, 3.63) is 69.7 Å². The van der Waals surface area contributed by atoms with Gasteiger partial charge in [-0.1, -0.05) is 35.3 Å². The summed E-state index contributed by atoms with van der Waals surface area (Å²) in [5.41, 5.74) is 4.31. The molecular formula is C15H13Cl2N3O. The van der Waals surface area contributed by atoms with Crippen LogP contribution in [0, 0.1) is 0 Å². The maximum Gasteiger partial charge on any atom is 0.179 e. The number of nitrogens with one attached hydrogen (secondary N) is 1. The zero-order chi connectivity index (χ0) is 15.2. The van der Waals surface area contributed by atoms with Crippen LogP contribution >= 0.6 is 23.2 Å². The van der Waals surface area contributed by atoms with E-state index in [1.807, 2.05) is 24.5 Å². The van der Waals surface area contributed by atoms with E-state index in [-0.39, 0.29) is 5.84 Å². The van der Waals surface area contributed by atoms with Gasteiger partial charge in [-0.3, -0.25) is 10.7 Å². The Bertz CT molecular complexity index is 664. The molecule has 0 saturated carbocycles. The minimum Gasteiger partial charge on any atom is -0.290 e. The molecule has 0 radical (unpaired) electrons. The number of halogens is 2. The van der Waals surface area contributed by atoms with Crippen molar-refractivity contribution in [2.45, 2.75) is 6.92 Å². The highest BCUT2D eigenvalue weighted by molar-refractivity contribution is 6.31. The van der Waals surface area contributed by atoms with Crippen LogP contribution in [0.1, 0.15) is 18.1 Å². The minimum absolute atomic E-state index is 0.236. The fourth-order valence-electron chi connectivity index (χ4n) is 1.63. The summed E-state index contributed by atoms with van der Waals surface area (Å²) in [6.45, 7) is 1.82. The summed E-state index contributed by atoms with van der Waals surface area (Å²) in [7, 11) is 0. The van der Waals surface area contributed by atoms with Gasteiger partial charge in [0.05, 0.1) is 5.71 Å². The lowest BCUT2D eigenvalue weighted by molar-refractivity contribution is 0.234. The molecule has 0 fully saturated rings. The van der Waals surface area contributed by atoms with Crippen LogP contribution in [0.4, 0.5) is 0 Å². The predicted molar refractivity (Wildman–Crippen MR) is 86.6 cm³/mol. The van der Waals surface area contributed by atoms with Crippen LogP contribution in [-0.2, 0) is 0 Å². The summed E-state index contributed by atoms with van der Waals surface area (Å²) >= 11 is 11.7. The molecular weight excluding hydrogens is 309 g/mol. The second kappa shape index (κ2) is 7.22. The van der Waals surface area contributed by atoms with Gasteiger partial charge in [-0.2, -0.15) is 5.10 Å². The van der Waals surface area contributed by atoms with Crippen molar-refractivity contribution in [1.29, 1.82) is 0 Å². The first kappa shape index (κ1) is 15.5. The molecule has 21 heavy (non-hydrogen) atoms. The average Bonchev–Trinajstić information content (AvgIpc) is 2.50. The van der Waals surface area contributed by atoms with Gasteiger partial charge in [0.25, 0.3) is 0 Å². The molecule has 0 aliphatic rings. The molecule has 0 heterocycles. The summed E-state index contributed by atoms with van der Waals surface area (Å²) in [6.07, 6.45) is 0. The number of hydrogen-bond acceptors (Lipinski definition) is 3. The van der Waals surface area contributed by atoms with Crippen LogP contribution in [0.25, 0.3) is 0 Å². The first-order valence-corrected chi connectivity index (χ1v) is 6.90. The molecule has 0 aliphatic heterocycles. The quantitative estimate of drug-likeness (QED) is 0.507. The Morgan fingerprint density at radius 2 is 1.33 bits per heavy atom. The van der Waals surface area contributed by atoms with Crippen molar-refractivity contribution < 1.29 is 5.21 Å². The number of rotatable bonds is 3. The van der Waals surface area contributed by atoms with E-state index in [0.717, 1.165) is 5.56 Å². The Hall–Kier alpha value is -1.88. The van der Waals surface area contributed by atoms with Gasteiger partial charge in [-0.25, -0.2) is 0 Å². The van der Waals surface area contributed by atoms with Crippen molar-refractivity contribution in [2.75, 3.05) is 0 Å². The molecule has 2 aromatic rings. The molecule has 0 aliphatic carbocycles. The van der Waals surface area contributed by atoms with Crippen LogP contribution in [-0.4, -0.2) is 16.8 Å². The van der Waals surface area contributed by atoms with Crippen molar-refractivity contribution in [2.24, 2.45) is 10.2 Å². The molecule has 0 unspecified atom stereocenters. The highest BCUT2D eigenvalue weighted by Crippen LogP contribution is 2.12. The number of hydroxylamine groups is 1. The summed E-state index contributed by atoms with van der Waals surface area (Å²) in [6, 6.07) is 14.2. The zero-order valence-electron chi connectivity index (χ0n) is 11.2. The topological polar surface area (TPSA) is 57.0 Å². The van der Waals surface area contributed by atoms with Crippen LogP contribution in [0.3, 0.4) is 0 Å². The highest BCUT2D eigenvalue weighted by Gasteiger charge is 2.02. The fraction of sp³-hybridized carbons (Fsp3) is 0.0667. The Balaban J connectivity index is 2.25. The first-order valence-electron chi connectivity index (χ1n) is 6.14. The van der Waals surface area contributed by atoms with E-state index in [4.69, 9.17) is 28.4 Å². The second-order valence-corrected chi connectivity index (χ2v) is 5.13. The molecule has 0 saturated heterocycles. The fourth-order valence-corrected chi connectivity index (χ4v) is 1.88. The molecule has 0 aromatic heterocycles. The number of hydrogen-bond donors (Lipinski definition) is 2. The lowest BCUT2D eigenvalue weighted by Crippen LogP contribution is -2.19. The Labute approximate surface area is 132 Å². The normalized spacial score (nSPS) is 12.4. The van der Waals surface area contributed by atoms with Crippen LogP contribution in [0.5, 0.6) is 0 Å². The van der Waals surface area contributed by atoms with Gasteiger partial charge in [0.1, 0.15) is 0 Å².